The van der Waals surface area contributed by atoms with Crippen LogP contribution in [0.25, 0.3) is 10.9 Å². The van der Waals surface area contributed by atoms with E-state index in [-0.39, 0.29) is 0 Å². The highest BCUT2D eigenvalue weighted by Gasteiger charge is 2.04. The zero-order chi connectivity index (χ0) is 13.2. The van der Waals surface area contributed by atoms with E-state index in [0.717, 1.165) is 22.3 Å². The summed E-state index contributed by atoms with van der Waals surface area (Å²) < 4.78 is 0. The fraction of sp³-hybridized carbons (Fsp3) is 0.0714. The van der Waals surface area contributed by atoms with E-state index >= 15 is 0 Å². The molecule has 0 radical (unpaired) electrons. The minimum absolute atomic E-state index is 0.505. The Hall–Kier alpha value is -2.69. The predicted octanol–water partition coefficient (Wildman–Crippen LogP) is 2.66. The van der Waals surface area contributed by atoms with Crippen molar-refractivity contribution in [3.8, 4) is 0 Å². The summed E-state index contributed by atoms with van der Waals surface area (Å²) in [4.78, 5) is 12.8. The lowest BCUT2D eigenvalue weighted by Gasteiger charge is -2.08. The van der Waals surface area contributed by atoms with Gasteiger partial charge >= 0.3 is 0 Å². The van der Waals surface area contributed by atoms with E-state index in [1.54, 1.807) is 12.4 Å². The molecule has 0 bridgehead atoms. The summed E-state index contributed by atoms with van der Waals surface area (Å²) in [7, 11) is 0. The van der Waals surface area contributed by atoms with Gasteiger partial charge in [0.15, 0.2) is 0 Å². The molecule has 3 N–H and O–H groups in total. The molecule has 5 heteroatoms. The molecule has 2 aromatic heterocycles. The molecule has 5 nitrogen and oxygen atoms in total. The standard InChI is InChI=1S/C14H13N5/c1-9-5-6-10-3-2-4-12(13(10)18-9)19-14-16-7-11(15)8-17-14/h2-8H,15H2,1H3,(H,16,17,19). The van der Waals surface area contributed by atoms with E-state index < -0.39 is 0 Å². The lowest BCUT2D eigenvalue weighted by Crippen LogP contribution is -1.99. The average molecular weight is 251 g/mol. The van der Waals surface area contributed by atoms with Gasteiger partial charge in [0.05, 0.1) is 29.3 Å². The average Bonchev–Trinajstić information content (AvgIpc) is 2.42. The highest BCUT2D eigenvalue weighted by atomic mass is 15.1. The lowest BCUT2D eigenvalue weighted by atomic mass is 10.2. The molecule has 0 saturated carbocycles. The number of benzene rings is 1. The molecular formula is C14H13N5. The molecular weight excluding hydrogens is 238 g/mol. The summed E-state index contributed by atoms with van der Waals surface area (Å²) >= 11 is 0. The van der Waals surface area contributed by atoms with Gasteiger partial charge in [-0.15, -0.1) is 0 Å². The third-order valence-electron chi connectivity index (χ3n) is 2.78. The smallest absolute Gasteiger partial charge is 0.227 e. The van der Waals surface area contributed by atoms with Gasteiger partial charge in [0.2, 0.25) is 5.95 Å². The molecule has 0 aliphatic rings. The Morgan fingerprint density at radius 3 is 2.63 bits per heavy atom. The fourth-order valence-corrected chi connectivity index (χ4v) is 1.87. The largest absolute Gasteiger partial charge is 0.396 e. The van der Waals surface area contributed by atoms with Gasteiger partial charge in [-0.25, -0.2) is 9.97 Å². The number of hydrogen-bond donors (Lipinski definition) is 2. The van der Waals surface area contributed by atoms with Crippen molar-refractivity contribution >= 4 is 28.2 Å². The van der Waals surface area contributed by atoms with Crippen LogP contribution in [0.1, 0.15) is 5.69 Å². The SMILES string of the molecule is Cc1ccc2cccc(Nc3ncc(N)cn3)c2n1. The Balaban J connectivity index is 2.05. The number of aromatic nitrogens is 3. The van der Waals surface area contributed by atoms with E-state index in [4.69, 9.17) is 5.73 Å². The molecule has 0 aliphatic carbocycles. The molecule has 1 aromatic carbocycles. The van der Waals surface area contributed by atoms with E-state index in [1.807, 2.05) is 37.3 Å². The second-order valence-corrected chi connectivity index (χ2v) is 4.29. The number of pyridine rings is 1. The Morgan fingerprint density at radius 1 is 1.05 bits per heavy atom. The van der Waals surface area contributed by atoms with Gasteiger partial charge in [0.25, 0.3) is 0 Å². The first-order valence-electron chi connectivity index (χ1n) is 5.93. The first-order valence-corrected chi connectivity index (χ1v) is 5.93. The summed E-state index contributed by atoms with van der Waals surface area (Å²) in [5.41, 5.74) is 8.86. The Labute approximate surface area is 110 Å². The Bertz CT molecular complexity index is 721. The van der Waals surface area contributed by atoms with Crippen LogP contribution in [-0.4, -0.2) is 15.0 Å². The van der Waals surface area contributed by atoms with E-state index in [9.17, 15) is 0 Å². The van der Waals surface area contributed by atoms with Crippen LogP contribution >= 0.6 is 0 Å². The summed E-state index contributed by atoms with van der Waals surface area (Å²) in [5.74, 6) is 0.505. The van der Waals surface area contributed by atoms with Crippen LogP contribution < -0.4 is 11.1 Å². The number of aryl methyl sites for hydroxylation is 1. The number of hydrogen-bond acceptors (Lipinski definition) is 5. The quantitative estimate of drug-likeness (QED) is 0.732. The third-order valence-corrected chi connectivity index (χ3v) is 2.78. The van der Waals surface area contributed by atoms with Crippen LogP contribution in [0.3, 0.4) is 0 Å². The maximum absolute atomic E-state index is 5.57. The number of fused-ring (bicyclic) bond motifs is 1. The number of nitrogen functional groups attached to an aromatic ring is 1. The van der Waals surface area contributed by atoms with Gasteiger partial charge in [0.1, 0.15) is 0 Å². The van der Waals surface area contributed by atoms with Crippen molar-refractivity contribution < 1.29 is 0 Å². The first kappa shape index (κ1) is 11.4. The topological polar surface area (TPSA) is 76.7 Å². The second kappa shape index (κ2) is 4.53. The van der Waals surface area contributed by atoms with Crippen molar-refractivity contribution in [1.82, 2.24) is 15.0 Å². The van der Waals surface area contributed by atoms with Gasteiger partial charge in [-0.2, -0.15) is 0 Å². The number of anilines is 3. The molecule has 3 aromatic rings. The van der Waals surface area contributed by atoms with Crippen LogP contribution in [0.2, 0.25) is 0 Å². The molecule has 3 rings (SSSR count). The molecule has 19 heavy (non-hydrogen) atoms. The van der Waals surface area contributed by atoms with E-state index in [0.29, 0.717) is 11.6 Å². The molecule has 0 atom stereocenters. The minimum Gasteiger partial charge on any atom is -0.396 e. The van der Waals surface area contributed by atoms with Gasteiger partial charge < -0.3 is 11.1 Å². The molecule has 94 valence electrons. The number of nitrogens with zero attached hydrogens (tertiary/aromatic N) is 3. The van der Waals surface area contributed by atoms with Gasteiger partial charge in [-0.3, -0.25) is 4.98 Å². The number of rotatable bonds is 2. The van der Waals surface area contributed by atoms with Crippen LogP contribution in [-0.2, 0) is 0 Å². The normalized spacial score (nSPS) is 10.6. The fourth-order valence-electron chi connectivity index (χ4n) is 1.87. The summed E-state index contributed by atoms with van der Waals surface area (Å²) in [6, 6.07) is 9.99. The first-order chi connectivity index (χ1) is 9.22. The van der Waals surface area contributed by atoms with Gasteiger partial charge in [-0.05, 0) is 19.1 Å². The molecule has 0 fully saturated rings. The molecule has 0 spiro atoms. The van der Waals surface area contributed by atoms with Crippen molar-refractivity contribution in [2.24, 2.45) is 0 Å². The maximum Gasteiger partial charge on any atom is 0.227 e. The Morgan fingerprint density at radius 2 is 1.84 bits per heavy atom. The highest BCUT2D eigenvalue weighted by molar-refractivity contribution is 5.91. The molecule has 2 heterocycles. The van der Waals surface area contributed by atoms with Crippen molar-refractivity contribution in [2.45, 2.75) is 6.92 Å². The number of nitrogens with two attached hydrogens (primary N) is 1. The highest BCUT2D eigenvalue weighted by Crippen LogP contribution is 2.23. The Kier molecular flexibility index (Phi) is 2.72. The van der Waals surface area contributed by atoms with Crippen molar-refractivity contribution in [2.75, 3.05) is 11.1 Å². The summed E-state index contributed by atoms with van der Waals surface area (Å²) in [6.45, 7) is 1.97. The zero-order valence-corrected chi connectivity index (χ0v) is 10.5. The molecule has 0 aliphatic heterocycles. The molecule has 0 unspecified atom stereocenters. The van der Waals surface area contributed by atoms with E-state index in [2.05, 4.69) is 20.3 Å². The lowest BCUT2D eigenvalue weighted by molar-refractivity contribution is 1.17. The summed E-state index contributed by atoms with van der Waals surface area (Å²) in [5, 5.41) is 4.24. The molecule has 0 amide bonds. The van der Waals surface area contributed by atoms with Crippen molar-refractivity contribution in [1.29, 1.82) is 0 Å². The van der Waals surface area contributed by atoms with E-state index in [1.165, 1.54) is 0 Å². The predicted molar refractivity (Wildman–Crippen MR) is 76.2 cm³/mol. The third kappa shape index (κ3) is 2.30. The molecule has 0 saturated heterocycles. The van der Waals surface area contributed by atoms with Crippen molar-refractivity contribution in [3.05, 3.63) is 48.4 Å². The number of para-hydroxylation sites is 1. The maximum atomic E-state index is 5.57. The van der Waals surface area contributed by atoms with Crippen molar-refractivity contribution in [3.63, 3.8) is 0 Å². The monoisotopic (exact) mass is 251 g/mol. The zero-order valence-electron chi connectivity index (χ0n) is 10.5. The van der Waals surface area contributed by atoms with Crippen LogP contribution in [0.4, 0.5) is 17.3 Å². The van der Waals surface area contributed by atoms with Crippen LogP contribution in [0.15, 0.2) is 42.7 Å². The van der Waals surface area contributed by atoms with Gasteiger partial charge in [-0.1, -0.05) is 18.2 Å². The minimum atomic E-state index is 0.505. The van der Waals surface area contributed by atoms with Crippen LogP contribution in [0, 0.1) is 6.92 Å². The van der Waals surface area contributed by atoms with Gasteiger partial charge in [0, 0.05) is 11.1 Å². The second-order valence-electron chi connectivity index (χ2n) is 4.29. The van der Waals surface area contributed by atoms with Crippen LogP contribution in [0.5, 0.6) is 0 Å². The summed E-state index contributed by atoms with van der Waals surface area (Å²) in [6.07, 6.45) is 3.14. The number of nitrogens with one attached hydrogen (secondary N) is 1.